The Morgan fingerprint density at radius 3 is 2.35 bits per heavy atom. The van der Waals surface area contributed by atoms with Gasteiger partial charge in [-0.05, 0) is 24.7 Å². The first-order chi connectivity index (χ1) is 7.77. The molecule has 0 aromatic heterocycles. The molecule has 104 valence electrons. The summed E-state index contributed by atoms with van der Waals surface area (Å²) >= 11 is -0.236. The van der Waals surface area contributed by atoms with Gasteiger partial charge in [-0.1, -0.05) is 6.92 Å². The summed E-state index contributed by atoms with van der Waals surface area (Å²) in [7, 11) is -3.47. The number of thioether (sulfide) groups is 1. The third-order valence-electron chi connectivity index (χ3n) is 1.66. The summed E-state index contributed by atoms with van der Waals surface area (Å²) in [6.45, 7) is 2.77. The number of nitrogens with one attached hydrogen (secondary N) is 2. The zero-order valence-corrected chi connectivity index (χ0v) is 11.1. The minimum Gasteiger partial charge on any atom is -0.316 e. The van der Waals surface area contributed by atoms with Crippen molar-refractivity contribution in [3.8, 4) is 0 Å². The van der Waals surface area contributed by atoms with Crippen LogP contribution in [0.25, 0.3) is 0 Å². The second-order valence-electron chi connectivity index (χ2n) is 3.26. The van der Waals surface area contributed by atoms with Crippen molar-refractivity contribution >= 4 is 21.8 Å². The first-order valence-corrected chi connectivity index (χ1v) is 7.79. The van der Waals surface area contributed by atoms with Crippen LogP contribution in [0.15, 0.2) is 0 Å². The lowest BCUT2D eigenvalue weighted by Gasteiger charge is -2.08. The molecule has 0 saturated carbocycles. The molecule has 0 spiro atoms. The van der Waals surface area contributed by atoms with E-state index in [4.69, 9.17) is 0 Å². The molecule has 0 atom stereocenters. The summed E-state index contributed by atoms with van der Waals surface area (Å²) < 4.78 is 59.9. The van der Waals surface area contributed by atoms with Crippen LogP contribution >= 0.6 is 11.8 Å². The van der Waals surface area contributed by atoms with Crippen LogP contribution in [-0.4, -0.2) is 45.1 Å². The summed E-state index contributed by atoms with van der Waals surface area (Å²) in [4.78, 5) is 0. The Bertz CT molecular complexity index is 294. The molecule has 4 nitrogen and oxygen atoms in total. The highest BCUT2D eigenvalue weighted by atomic mass is 32.2. The van der Waals surface area contributed by atoms with Crippen molar-refractivity contribution in [1.82, 2.24) is 10.0 Å². The molecule has 0 rings (SSSR count). The third-order valence-corrected chi connectivity index (χ3v) is 3.79. The van der Waals surface area contributed by atoms with E-state index in [9.17, 15) is 21.6 Å². The van der Waals surface area contributed by atoms with Gasteiger partial charge in [-0.2, -0.15) is 13.2 Å². The van der Waals surface area contributed by atoms with E-state index in [0.717, 1.165) is 13.0 Å². The van der Waals surface area contributed by atoms with E-state index in [1.54, 1.807) is 0 Å². The molecule has 0 aliphatic carbocycles. The van der Waals surface area contributed by atoms with Gasteiger partial charge in [0.25, 0.3) is 0 Å². The van der Waals surface area contributed by atoms with E-state index in [2.05, 4.69) is 10.0 Å². The summed E-state index contributed by atoms with van der Waals surface area (Å²) in [6, 6.07) is 0. The van der Waals surface area contributed by atoms with Crippen LogP contribution in [0.3, 0.4) is 0 Å². The highest BCUT2D eigenvalue weighted by molar-refractivity contribution is 8.00. The molecular weight excluding hydrogens is 277 g/mol. The number of rotatable bonds is 9. The molecule has 0 aliphatic heterocycles. The van der Waals surface area contributed by atoms with Gasteiger partial charge in [-0.15, -0.1) is 0 Å². The van der Waals surface area contributed by atoms with E-state index in [0.29, 0.717) is 6.54 Å². The smallest absolute Gasteiger partial charge is 0.316 e. The van der Waals surface area contributed by atoms with Gasteiger partial charge in [0.05, 0.1) is 5.75 Å². The van der Waals surface area contributed by atoms with Gasteiger partial charge < -0.3 is 5.32 Å². The van der Waals surface area contributed by atoms with Crippen molar-refractivity contribution in [3.05, 3.63) is 0 Å². The van der Waals surface area contributed by atoms with Crippen LogP contribution in [-0.2, 0) is 10.0 Å². The number of sulfonamides is 1. The number of alkyl halides is 3. The van der Waals surface area contributed by atoms with Gasteiger partial charge in [0.2, 0.25) is 10.0 Å². The van der Waals surface area contributed by atoms with Gasteiger partial charge >= 0.3 is 5.51 Å². The molecule has 0 unspecified atom stereocenters. The van der Waals surface area contributed by atoms with Crippen LogP contribution < -0.4 is 10.0 Å². The first-order valence-electron chi connectivity index (χ1n) is 5.15. The Morgan fingerprint density at radius 2 is 1.82 bits per heavy atom. The Labute approximate surface area is 104 Å². The molecule has 0 aromatic rings. The van der Waals surface area contributed by atoms with E-state index in [1.807, 2.05) is 6.92 Å². The summed E-state index contributed by atoms with van der Waals surface area (Å²) in [5, 5.41) is 2.90. The maximum atomic E-state index is 11.7. The largest absolute Gasteiger partial charge is 0.441 e. The molecule has 0 aliphatic rings. The third kappa shape index (κ3) is 12.3. The van der Waals surface area contributed by atoms with Crippen molar-refractivity contribution in [1.29, 1.82) is 0 Å². The molecule has 0 radical (unpaired) electrons. The lowest BCUT2D eigenvalue weighted by atomic mass is 10.5. The van der Waals surface area contributed by atoms with Crippen molar-refractivity contribution in [2.45, 2.75) is 18.9 Å². The fourth-order valence-corrected chi connectivity index (χ4v) is 2.48. The summed E-state index contributed by atoms with van der Waals surface area (Å²) in [5.74, 6) is -0.436. The standard InChI is InChI=1S/C8H17F3N2O2S2/c1-2-3-12-5-7-17(14,15)13-4-6-16-8(9,10)11/h12-13H,2-7H2,1H3. The maximum absolute atomic E-state index is 11.7. The first kappa shape index (κ1) is 17.0. The quantitative estimate of drug-likeness (QED) is 0.627. The SMILES string of the molecule is CCCNCCS(=O)(=O)NCCSC(F)(F)F. The second-order valence-corrected chi connectivity index (χ2v) is 6.34. The lowest BCUT2D eigenvalue weighted by molar-refractivity contribution is -0.0327. The van der Waals surface area contributed by atoms with E-state index >= 15 is 0 Å². The predicted molar refractivity (Wildman–Crippen MR) is 63.5 cm³/mol. The fraction of sp³-hybridized carbons (Fsp3) is 1.00. The average Bonchev–Trinajstić information content (AvgIpc) is 2.18. The zero-order valence-electron chi connectivity index (χ0n) is 9.51. The summed E-state index contributed by atoms with van der Waals surface area (Å²) in [5.41, 5.74) is -4.31. The van der Waals surface area contributed by atoms with Crippen molar-refractivity contribution < 1.29 is 21.6 Å². The molecule has 0 amide bonds. The highest BCUT2D eigenvalue weighted by Gasteiger charge is 2.27. The molecule has 2 N–H and O–H groups in total. The molecule has 9 heteroatoms. The molecular formula is C8H17F3N2O2S2. The Kier molecular flexibility index (Phi) is 8.18. The van der Waals surface area contributed by atoms with Gasteiger partial charge in [0, 0.05) is 18.8 Å². The summed E-state index contributed by atoms with van der Waals surface area (Å²) in [6.07, 6.45) is 0.899. The molecule has 0 fully saturated rings. The minimum atomic E-state index is -4.31. The zero-order chi connectivity index (χ0) is 13.4. The highest BCUT2D eigenvalue weighted by Crippen LogP contribution is 2.29. The minimum absolute atomic E-state index is 0.121. The normalized spacial score (nSPS) is 12.9. The molecule has 0 bridgehead atoms. The van der Waals surface area contributed by atoms with Gasteiger partial charge in [-0.25, -0.2) is 13.1 Å². The number of hydrogen-bond acceptors (Lipinski definition) is 4. The Balaban J connectivity index is 3.65. The lowest BCUT2D eigenvalue weighted by Crippen LogP contribution is -2.33. The van der Waals surface area contributed by atoms with Crippen LogP contribution in [0, 0.1) is 0 Å². The average molecular weight is 294 g/mol. The van der Waals surface area contributed by atoms with E-state index in [-0.39, 0.29) is 29.8 Å². The van der Waals surface area contributed by atoms with Gasteiger partial charge in [0.1, 0.15) is 0 Å². The predicted octanol–water partition coefficient (Wildman–Crippen LogP) is 1.16. The van der Waals surface area contributed by atoms with Crippen molar-refractivity contribution in [2.75, 3.05) is 31.1 Å². The van der Waals surface area contributed by atoms with E-state index < -0.39 is 15.5 Å². The van der Waals surface area contributed by atoms with Crippen LogP contribution in [0.5, 0.6) is 0 Å². The fourth-order valence-electron chi connectivity index (χ4n) is 0.944. The molecule has 0 heterocycles. The Hall–Kier alpha value is 0.01000. The molecule has 0 aromatic carbocycles. The number of halogens is 3. The monoisotopic (exact) mass is 294 g/mol. The molecule has 17 heavy (non-hydrogen) atoms. The number of hydrogen-bond donors (Lipinski definition) is 2. The topological polar surface area (TPSA) is 58.2 Å². The second kappa shape index (κ2) is 8.17. The van der Waals surface area contributed by atoms with Crippen LogP contribution in [0.2, 0.25) is 0 Å². The van der Waals surface area contributed by atoms with Crippen molar-refractivity contribution in [3.63, 3.8) is 0 Å². The maximum Gasteiger partial charge on any atom is 0.441 e. The van der Waals surface area contributed by atoms with E-state index in [1.165, 1.54) is 0 Å². The van der Waals surface area contributed by atoms with Crippen molar-refractivity contribution in [2.24, 2.45) is 0 Å². The van der Waals surface area contributed by atoms with Crippen LogP contribution in [0.4, 0.5) is 13.2 Å². The van der Waals surface area contributed by atoms with Crippen LogP contribution in [0.1, 0.15) is 13.3 Å². The Morgan fingerprint density at radius 1 is 1.18 bits per heavy atom. The van der Waals surface area contributed by atoms with Gasteiger partial charge in [-0.3, -0.25) is 0 Å². The van der Waals surface area contributed by atoms with Gasteiger partial charge in [0.15, 0.2) is 0 Å². The molecule has 0 saturated heterocycles.